The van der Waals surface area contributed by atoms with E-state index >= 15 is 0 Å². The second kappa shape index (κ2) is 9.28. The monoisotopic (exact) mass is 414 g/mol. The molecule has 8 nitrogen and oxygen atoms in total. The van der Waals surface area contributed by atoms with Crippen LogP contribution in [0.1, 0.15) is 62.7 Å². The van der Waals surface area contributed by atoms with Gasteiger partial charge in [-0.1, -0.05) is 19.3 Å². The molecule has 162 valence electrons. The van der Waals surface area contributed by atoms with Gasteiger partial charge in [-0.15, -0.1) is 0 Å². The summed E-state index contributed by atoms with van der Waals surface area (Å²) in [5.41, 5.74) is 0.366. The number of imide groups is 1. The smallest absolute Gasteiger partial charge is 0.325 e. The zero-order valence-corrected chi connectivity index (χ0v) is 17.7. The van der Waals surface area contributed by atoms with Gasteiger partial charge in [-0.05, 0) is 51.0 Å². The Morgan fingerprint density at radius 2 is 1.70 bits per heavy atom. The molecule has 5 amide bonds. The first-order valence-corrected chi connectivity index (χ1v) is 10.7. The Morgan fingerprint density at radius 1 is 1.07 bits per heavy atom. The molecule has 1 aromatic rings. The van der Waals surface area contributed by atoms with Crippen molar-refractivity contribution < 1.29 is 19.2 Å². The second-order valence-electron chi connectivity index (χ2n) is 7.88. The Kier molecular flexibility index (Phi) is 6.74. The predicted molar refractivity (Wildman–Crippen MR) is 113 cm³/mol. The van der Waals surface area contributed by atoms with Crippen LogP contribution in [0.3, 0.4) is 0 Å². The molecule has 1 spiro atoms. The molecule has 1 saturated heterocycles. The molecule has 1 aromatic carbocycles. The van der Waals surface area contributed by atoms with Gasteiger partial charge >= 0.3 is 6.03 Å². The van der Waals surface area contributed by atoms with Crippen molar-refractivity contribution in [2.75, 3.05) is 25.0 Å². The summed E-state index contributed by atoms with van der Waals surface area (Å²) in [7, 11) is 0. The molecule has 3 rings (SSSR count). The Morgan fingerprint density at radius 3 is 2.30 bits per heavy atom. The SMILES string of the molecule is CCN(CC)C(=O)c1ccc(NC(=O)CCN2C(=O)NC3(CCCCC3)C2=O)cc1. The molecule has 0 unspecified atom stereocenters. The maximum absolute atomic E-state index is 12.7. The molecule has 0 bridgehead atoms. The maximum atomic E-state index is 12.7. The van der Waals surface area contributed by atoms with Crippen LogP contribution in [-0.4, -0.2) is 58.7 Å². The van der Waals surface area contributed by atoms with Crippen LogP contribution in [0.15, 0.2) is 24.3 Å². The van der Waals surface area contributed by atoms with Crippen LogP contribution in [0.5, 0.6) is 0 Å². The van der Waals surface area contributed by atoms with Crippen LogP contribution < -0.4 is 10.6 Å². The zero-order valence-electron chi connectivity index (χ0n) is 17.7. The van der Waals surface area contributed by atoms with Gasteiger partial charge in [0.1, 0.15) is 5.54 Å². The molecule has 2 fully saturated rings. The van der Waals surface area contributed by atoms with Crippen molar-refractivity contribution in [2.45, 2.75) is 57.9 Å². The summed E-state index contributed by atoms with van der Waals surface area (Å²) in [5.74, 6) is -0.546. The number of rotatable bonds is 7. The molecule has 1 aliphatic heterocycles. The quantitative estimate of drug-likeness (QED) is 0.670. The van der Waals surface area contributed by atoms with Crippen LogP contribution in [0.25, 0.3) is 0 Å². The lowest BCUT2D eigenvalue weighted by Crippen LogP contribution is -2.48. The molecule has 0 atom stereocenters. The third kappa shape index (κ3) is 4.47. The fourth-order valence-corrected chi connectivity index (χ4v) is 4.20. The number of hydrogen-bond acceptors (Lipinski definition) is 4. The van der Waals surface area contributed by atoms with E-state index in [1.54, 1.807) is 29.2 Å². The van der Waals surface area contributed by atoms with E-state index in [4.69, 9.17) is 0 Å². The van der Waals surface area contributed by atoms with Crippen molar-refractivity contribution >= 4 is 29.4 Å². The van der Waals surface area contributed by atoms with Gasteiger partial charge in [0, 0.05) is 37.3 Å². The number of hydrogen-bond donors (Lipinski definition) is 2. The van der Waals surface area contributed by atoms with Crippen molar-refractivity contribution in [2.24, 2.45) is 0 Å². The summed E-state index contributed by atoms with van der Waals surface area (Å²) in [6.07, 6.45) is 4.28. The second-order valence-corrected chi connectivity index (χ2v) is 7.88. The molecule has 2 N–H and O–H groups in total. The minimum Gasteiger partial charge on any atom is -0.339 e. The van der Waals surface area contributed by atoms with Crippen molar-refractivity contribution in [1.29, 1.82) is 0 Å². The zero-order chi connectivity index (χ0) is 21.7. The number of nitrogens with one attached hydrogen (secondary N) is 2. The van der Waals surface area contributed by atoms with Crippen LogP contribution in [-0.2, 0) is 9.59 Å². The Balaban J connectivity index is 1.53. The summed E-state index contributed by atoms with van der Waals surface area (Å²) in [6, 6.07) is 6.31. The van der Waals surface area contributed by atoms with E-state index in [9.17, 15) is 19.2 Å². The van der Waals surface area contributed by atoms with Gasteiger partial charge in [-0.3, -0.25) is 19.3 Å². The lowest BCUT2D eigenvalue weighted by Gasteiger charge is -2.30. The largest absolute Gasteiger partial charge is 0.339 e. The first-order chi connectivity index (χ1) is 14.4. The number of carbonyl (C=O) groups excluding carboxylic acids is 4. The number of amides is 5. The Bertz CT molecular complexity index is 811. The Labute approximate surface area is 177 Å². The van der Waals surface area contributed by atoms with E-state index in [0.717, 1.165) is 24.2 Å². The van der Waals surface area contributed by atoms with E-state index < -0.39 is 11.6 Å². The Hall–Kier alpha value is -2.90. The molecule has 2 aliphatic rings. The van der Waals surface area contributed by atoms with Gasteiger partial charge in [0.05, 0.1) is 0 Å². The molecule has 1 saturated carbocycles. The fourth-order valence-electron chi connectivity index (χ4n) is 4.20. The topological polar surface area (TPSA) is 98.8 Å². The molecule has 0 aromatic heterocycles. The van der Waals surface area contributed by atoms with Gasteiger partial charge in [0.2, 0.25) is 5.91 Å². The molecule has 1 aliphatic carbocycles. The van der Waals surface area contributed by atoms with Gasteiger partial charge in [-0.2, -0.15) is 0 Å². The summed E-state index contributed by atoms with van der Waals surface area (Å²) in [6.45, 7) is 5.18. The molecular weight excluding hydrogens is 384 g/mol. The average Bonchev–Trinajstić information content (AvgIpc) is 2.97. The molecule has 0 radical (unpaired) electrons. The lowest BCUT2D eigenvalue weighted by molar-refractivity contribution is -0.132. The number of anilines is 1. The molecule has 1 heterocycles. The van der Waals surface area contributed by atoms with Crippen LogP contribution in [0.2, 0.25) is 0 Å². The highest BCUT2D eigenvalue weighted by molar-refractivity contribution is 6.07. The van der Waals surface area contributed by atoms with E-state index in [-0.39, 0.29) is 30.7 Å². The summed E-state index contributed by atoms with van der Waals surface area (Å²) in [5, 5.41) is 5.60. The van der Waals surface area contributed by atoms with Crippen LogP contribution in [0, 0.1) is 0 Å². The predicted octanol–water partition coefficient (Wildman–Crippen LogP) is 2.75. The van der Waals surface area contributed by atoms with E-state index in [1.807, 2.05) is 13.8 Å². The highest BCUT2D eigenvalue weighted by Crippen LogP contribution is 2.33. The number of benzene rings is 1. The van der Waals surface area contributed by atoms with E-state index in [2.05, 4.69) is 10.6 Å². The first kappa shape index (κ1) is 21.8. The van der Waals surface area contributed by atoms with E-state index in [0.29, 0.717) is 37.2 Å². The highest BCUT2D eigenvalue weighted by atomic mass is 16.2. The highest BCUT2D eigenvalue weighted by Gasteiger charge is 2.51. The molecule has 30 heavy (non-hydrogen) atoms. The normalized spacial score (nSPS) is 17.7. The molecule has 8 heteroatoms. The standard InChI is InChI=1S/C22H30N4O4/c1-3-25(4-2)19(28)16-8-10-17(11-9-16)23-18(27)12-15-26-20(29)22(24-21(26)30)13-6-5-7-14-22/h8-11H,3-7,12-15H2,1-2H3,(H,23,27)(H,24,30). The van der Waals surface area contributed by atoms with E-state index in [1.165, 1.54) is 0 Å². The van der Waals surface area contributed by atoms with Gasteiger partial charge < -0.3 is 15.5 Å². The summed E-state index contributed by atoms with van der Waals surface area (Å²) in [4.78, 5) is 52.6. The minimum atomic E-state index is -0.765. The summed E-state index contributed by atoms with van der Waals surface area (Å²) >= 11 is 0. The van der Waals surface area contributed by atoms with Crippen LogP contribution >= 0.6 is 0 Å². The minimum absolute atomic E-state index is 0.0232. The molecular formula is C22H30N4O4. The first-order valence-electron chi connectivity index (χ1n) is 10.7. The summed E-state index contributed by atoms with van der Waals surface area (Å²) < 4.78 is 0. The van der Waals surface area contributed by atoms with Crippen molar-refractivity contribution in [3.63, 3.8) is 0 Å². The van der Waals surface area contributed by atoms with Gasteiger partial charge in [0.15, 0.2) is 0 Å². The third-order valence-electron chi connectivity index (χ3n) is 5.98. The van der Waals surface area contributed by atoms with Gasteiger partial charge in [0.25, 0.3) is 11.8 Å². The fraction of sp³-hybridized carbons (Fsp3) is 0.545. The third-order valence-corrected chi connectivity index (χ3v) is 5.98. The van der Waals surface area contributed by atoms with Crippen molar-refractivity contribution in [3.05, 3.63) is 29.8 Å². The lowest BCUT2D eigenvalue weighted by atomic mass is 9.82. The number of nitrogens with zero attached hydrogens (tertiary/aromatic N) is 2. The average molecular weight is 415 g/mol. The van der Waals surface area contributed by atoms with Gasteiger partial charge in [-0.25, -0.2) is 4.79 Å². The number of carbonyl (C=O) groups is 4. The number of urea groups is 1. The van der Waals surface area contributed by atoms with Crippen molar-refractivity contribution in [1.82, 2.24) is 15.1 Å². The van der Waals surface area contributed by atoms with Crippen molar-refractivity contribution in [3.8, 4) is 0 Å². The van der Waals surface area contributed by atoms with Crippen LogP contribution in [0.4, 0.5) is 10.5 Å². The maximum Gasteiger partial charge on any atom is 0.325 e.